The third-order valence-electron chi connectivity index (χ3n) is 4.88. The number of aryl methyl sites for hydroxylation is 1. The number of aromatic nitrogens is 5. The second kappa shape index (κ2) is 6.93. The summed E-state index contributed by atoms with van der Waals surface area (Å²) in [6, 6.07) is 0. The van der Waals surface area contributed by atoms with Crippen LogP contribution in [-0.4, -0.2) is 67.2 Å². The first kappa shape index (κ1) is 16.2. The van der Waals surface area contributed by atoms with E-state index in [1.165, 1.54) is 5.56 Å². The van der Waals surface area contributed by atoms with Crippen molar-refractivity contribution in [3.05, 3.63) is 48.4 Å². The van der Waals surface area contributed by atoms with Crippen LogP contribution in [0.2, 0.25) is 0 Å². The monoisotopic (exact) mass is 339 g/mol. The zero-order valence-corrected chi connectivity index (χ0v) is 14.9. The molecule has 0 spiro atoms. The molecule has 0 radical (unpaired) electrons. The molecule has 1 aliphatic rings. The average Bonchev–Trinajstić information content (AvgIpc) is 3.16. The van der Waals surface area contributed by atoms with Gasteiger partial charge in [-0.15, -0.1) is 0 Å². The number of rotatable bonds is 4. The van der Waals surface area contributed by atoms with Crippen molar-refractivity contribution in [3.63, 3.8) is 0 Å². The molecule has 1 fully saturated rings. The number of fused-ring (bicyclic) bond motifs is 1. The van der Waals surface area contributed by atoms with Crippen LogP contribution in [0.1, 0.15) is 11.3 Å². The molecule has 25 heavy (non-hydrogen) atoms. The lowest BCUT2D eigenvalue weighted by Gasteiger charge is -2.23. The predicted octanol–water partition coefficient (Wildman–Crippen LogP) is 1.07. The topological polar surface area (TPSA) is 54.5 Å². The summed E-state index contributed by atoms with van der Waals surface area (Å²) in [5, 5.41) is 4.29. The van der Waals surface area contributed by atoms with Crippen LogP contribution in [0.15, 0.2) is 37.2 Å². The number of imidazole rings is 1. The van der Waals surface area contributed by atoms with E-state index in [0.29, 0.717) is 5.92 Å². The minimum atomic E-state index is 0.567. The molecule has 1 saturated heterocycles. The summed E-state index contributed by atoms with van der Waals surface area (Å²) in [5.74, 6) is 0.567. The lowest BCUT2D eigenvalue weighted by molar-refractivity contribution is 0.248. The lowest BCUT2D eigenvalue weighted by atomic mass is 10.0. The van der Waals surface area contributed by atoms with Crippen molar-refractivity contribution in [1.29, 1.82) is 0 Å². The Kier molecular flexibility index (Phi) is 4.50. The normalized spacial score (nSPS) is 20.2. The molecule has 3 aromatic heterocycles. The van der Waals surface area contributed by atoms with Crippen LogP contribution < -0.4 is 0 Å². The molecule has 0 N–H and O–H groups in total. The van der Waals surface area contributed by atoms with E-state index in [2.05, 4.69) is 48.7 Å². The Morgan fingerprint density at radius 1 is 1.08 bits per heavy atom. The van der Waals surface area contributed by atoms with E-state index < -0.39 is 0 Å². The zero-order valence-electron chi connectivity index (χ0n) is 14.9. The van der Waals surface area contributed by atoms with Gasteiger partial charge in [0, 0.05) is 70.1 Å². The smallest absolute Gasteiger partial charge is 0.155 e. The molecule has 0 amide bonds. The highest BCUT2D eigenvalue weighted by atomic mass is 15.3. The zero-order chi connectivity index (χ0) is 17.2. The summed E-state index contributed by atoms with van der Waals surface area (Å²) in [5.41, 5.74) is 3.32. The molecule has 4 heterocycles. The van der Waals surface area contributed by atoms with Gasteiger partial charge in [0.2, 0.25) is 0 Å². The number of hydrogen-bond donors (Lipinski definition) is 0. The van der Waals surface area contributed by atoms with Crippen LogP contribution in [0.25, 0.3) is 5.65 Å². The maximum absolute atomic E-state index is 4.61. The highest BCUT2D eigenvalue weighted by Gasteiger charge is 2.22. The minimum absolute atomic E-state index is 0.567. The molecule has 3 aromatic rings. The Labute approximate surface area is 147 Å². The molecule has 1 aliphatic heterocycles. The van der Waals surface area contributed by atoms with Gasteiger partial charge in [0.1, 0.15) is 0 Å². The minimum Gasteiger partial charge on any atom is -0.305 e. The molecule has 7 nitrogen and oxygen atoms in total. The summed E-state index contributed by atoms with van der Waals surface area (Å²) in [6.45, 7) is 5.35. The van der Waals surface area contributed by atoms with E-state index in [9.17, 15) is 0 Å². The van der Waals surface area contributed by atoms with Crippen molar-refractivity contribution in [2.24, 2.45) is 13.0 Å². The summed E-state index contributed by atoms with van der Waals surface area (Å²) >= 11 is 0. The van der Waals surface area contributed by atoms with Gasteiger partial charge in [0.15, 0.2) is 5.65 Å². The van der Waals surface area contributed by atoms with Gasteiger partial charge >= 0.3 is 0 Å². The van der Waals surface area contributed by atoms with Gasteiger partial charge in [-0.05, 0) is 19.4 Å². The van der Waals surface area contributed by atoms with Gasteiger partial charge in [-0.3, -0.25) is 14.6 Å². The Bertz CT molecular complexity index is 837. The summed E-state index contributed by atoms with van der Waals surface area (Å²) < 4.78 is 3.93. The van der Waals surface area contributed by atoms with Gasteiger partial charge in [-0.1, -0.05) is 0 Å². The Morgan fingerprint density at radius 3 is 2.84 bits per heavy atom. The van der Waals surface area contributed by atoms with Gasteiger partial charge < -0.3 is 9.30 Å². The van der Waals surface area contributed by atoms with E-state index in [4.69, 9.17) is 0 Å². The molecule has 0 bridgehead atoms. The first-order valence-corrected chi connectivity index (χ1v) is 8.82. The van der Waals surface area contributed by atoms with Crippen LogP contribution in [-0.2, 0) is 20.0 Å². The van der Waals surface area contributed by atoms with Gasteiger partial charge in [-0.25, -0.2) is 4.98 Å². The van der Waals surface area contributed by atoms with Gasteiger partial charge in [0.05, 0.1) is 18.1 Å². The molecule has 1 unspecified atom stereocenters. The molecule has 7 heteroatoms. The van der Waals surface area contributed by atoms with Crippen molar-refractivity contribution in [2.75, 3.05) is 33.2 Å². The van der Waals surface area contributed by atoms with Crippen LogP contribution in [0, 0.1) is 5.92 Å². The first-order valence-electron chi connectivity index (χ1n) is 8.82. The molecule has 132 valence electrons. The summed E-state index contributed by atoms with van der Waals surface area (Å²) in [4.78, 5) is 13.9. The molecular weight excluding hydrogens is 314 g/mol. The SMILES string of the molecule is CN1CCN(Cc2cnn(C)c2)CC(Cc2cn3ccnc3cn2)C1. The Hall–Kier alpha value is -2.25. The number of likely N-dealkylation sites (N-methyl/N-ethyl adjacent to an activating group) is 1. The lowest BCUT2D eigenvalue weighted by Crippen LogP contribution is -2.30. The third kappa shape index (κ3) is 3.88. The highest BCUT2D eigenvalue weighted by Crippen LogP contribution is 2.16. The van der Waals surface area contributed by atoms with Crippen molar-refractivity contribution >= 4 is 5.65 Å². The predicted molar refractivity (Wildman–Crippen MR) is 96.2 cm³/mol. The van der Waals surface area contributed by atoms with Crippen molar-refractivity contribution in [2.45, 2.75) is 13.0 Å². The number of nitrogens with zero attached hydrogens (tertiary/aromatic N) is 7. The fraction of sp³-hybridized carbons (Fsp3) is 0.500. The van der Waals surface area contributed by atoms with Crippen molar-refractivity contribution in [3.8, 4) is 0 Å². The highest BCUT2D eigenvalue weighted by molar-refractivity contribution is 5.34. The first-order chi connectivity index (χ1) is 12.2. The van der Waals surface area contributed by atoms with E-state index in [1.807, 2.05) is 36.5 Å². The van der Waals surface area contributed by atoms with Crippen molar-refractivity contribution in [1.82, 2.24) is 33.9 Å². The fourth-order valence-electron chi connectivity index (χ4n) is 3.71. The maximum atomic E-state index is 4.61. The summed E-state index contributed by atoms with van der Waals surface area (Å²) in [6.07, 6.45) is 12.8. The Balaban J connectivity index is 1.46. The van der Waals surface area contributed by atoms with Crippen molar-refractivity contribution < 1.29 is 0 Å². The molecule has 4 rings (SSSR count). The van der Waals surface area contributed by atoms with Gasteiger partial charge in [-0.2, -0.15) is 5.10 Å². The van der Waals surface area contributed by atoms with Crippen LogP contribution in [0.4, 0.5) is 0 Å². The van der Waals surface area contributed by atoms with Crippen LogP contribution in [0.5, 0.6) is 0 Å². The average molecular weight is 339 g/mol. The number of hydrogen-bond acceptors (Lipinski definition) is 5. The van der Waals surface area contributed by atoms with Gasteiger partial charge in [0.25, 0.3) is 0 Å². The maximum Gasteiger partial charge on any atom is 0.155 e. The van der Waals surface area contributed by atoms with E-state index >= 15 is 0 Å². The molecule has 0 saturated carbocycles. The molecule has 1 atom stereocenters. The summed E-state index contributed by atoms with van der Waals surface area (Å²) in [7, 11) is 4.19. The molecule has 0 aliphatic carbocycles. The molecule has 0 aromatic carbocycles. The van der Waals surface area contributed by atoms with E-state index in [0.717, 1.165) is 50.5 Å². The Morgan fingerprint density at radius 2 is 2.00 bits per heavy atom. The molecular formula is C18H25N7. The largest absolute Gasteiger partial charge is 0.305 e. The standard InChI is InChI=1S/C18H25N7/c1-22-5-6-24(13-16-8-21-23(2)11-16)12-15(10-22)7-17-14-25-4-3-19-18(25)9-20-17/h3-4,8-9,11,14-15H,5-7,10,12-13H2,1-2H3. The fourth-order valence-corrected chi connectivity index (χ4v) is 3.71. The second-order valence-corrected chi connectivity index (χ2v) is 7.16. The second-order valence-electron chi connectivity index (χ2n) is 7.16. The van der Waals surface area contributed by atoms with E-state index in [-0.39, 0.29) is 0 Å². The third-order valence-corrected chi connectivity index (χ3v) is 4.88. The quantitative estimate of drug-likeness (QED) is 0.712. The van der Waals surface area contributed by atoms with E-state index in [1.54, 1.807) is 0 Å². The van der Waals surface area contributed by atoms with Crippen LogP contribution >= 0.6 is 0 Å². The van der Waals surface area contributed by atoms with Crippen LogP contribution in [0.3, 0.4) is 0 Å².